The second kappa shape index (κ2) is 8.29. The fourth-order valence-electron chi connectivity index (χ4n) is 0.551. The average molecular weight is 150 g/mol. The Morgan fingerprint density at radius 2 is 1.33 bits per heavy atom. The van der Waals surface area contributed by atoms with Crippen LogP contribution in [0, 0.1) is 10.8 Å². The zero-order chi connectivity index (χ0) is 6.95. The number of rotatable bonds is 6. The quantitative estimate of drug-likeness (QED) is 0.403. The van der Waals surface area contributed by atoms with E-state index in [2.05, 4.69) is 24.6 Å². The molecule has 0 amide bonds. The van der Waals surface area contributed by atoms with Crippen LogP contribution in [-0.4, -0.2) is 11.8 Å². The van der Waals surface area contributed by atoms with Crippen LogP contribution in [0.4, 0.5) is 0 Å². The molecule has 0 aromatic carbocycles. The number of alkyl halides is 2. The lowest BCUT2D eigenvalue weighted by atomic mass is 10.4. The van der Waals surface area contributed by atoms with Gasteiger partial charge in [0.05, 0.1) is 0 Å². The first-order chi connectivity index (χ1) is 4.41. The van der Waals surface area contributed by atoms with E-state index in [1.807, 2.05) is 0 Å². The SMILES string of the molecule is CCCC[Cl+]CCCC. The maximum Gasteiger partial charge on any atom is 0.172 e. The van der Waals surface area contributed by atoms with Gasteiger partial charge >= 0.3 is 0 Å². The van der Waals surface area contributed by atoms with Crippen LogP contribution in [0.25, 0.3) is 0 Å². The molecule has 0 bridgehead atoms. The Hall–Kier alpha value is 0.290. The van der Waals surface area contributed by atoms with E-state index in [4.69, 9.17) is 0 Å². The van der Waals surface area contributed by atoms with Gasteiger partial charge in [-0.15, -0.1) is 0 Å². The van der Waals surface area contributed by atoms with Crippen LogP contribution in [0.2, 0.25) is 0 Å². The Bertz CT molecular complexity index is 37.8. The van der Waals surface area contributed by atoms with E-state index in [1.54, 1.807) is 0 Å². The summed E-state index contributed by atoms with van der Waals surface area (Å²) in [5.41, 5.74) is 0. The Morgan fingerprint density at radius 3 is 1.67 bits per heavy atom. The highest BCUT2D eigenvalue weighted by Gasteiger charge is 1.99. The first kappa shape index (κ1) is 9.29. The molecule has 0 aromatic rings. The zero-order valence-electron chi connectivity index (χ0n) is 6.62. The summed E-state index contributed by atoms with van der Waals surface area (Å²) in [6.45, 7) is 4.48. The maximum atomic E-state index is 2.53. The lowest BCUT2D eigenvalue weighted by Gasteiger charge is -1.83. The molecule has 0 heterocycles. The second-order valence-corrected chi connectivity index (χ2v) is 3.41. The van der Waals surface area contributed by atoms with Crippen molar-refractivity contribution in [2.75, 3.05) is 11.8 Å². The summed E-state index contributed by atoms with van der Waals surface area (Å²) < 4.78 is 0. The first-order valence-corrected chi connectivity index (χ1v) is 5.02. The Labute approximate surface area is 62.8 Å². The van der Waals surface area contributed by atoms with E-state index in [-0.39, 0.29) is 0 Å². The third kappa shape index (κ3) is 8.29. The third-order valence-electron chi connectivity index (χ3n) is 1.24. The van der Waals surface area contributed by atoms with E-state index >= 15 is 0 Å². The second-order valence-electron chi connectivity index (χ2n) is 2.27. The van der Waals surface area contributed by atoms with Gasteiger partial charge in [-0.25, -0.2) is 0 Å². The average Bonchev–Trinajstić information content (AvgIpc) is 1.89. The minimum Gasteiger partial charge on any atom is -0.0652 e. The molecule has 0 fully saturated rings. The van der Waals surface area contributed by atoms with Crippen LogP contribution in [0.15, 0.2) is 0 Å². The van der Waals surface area contributed by atoms with Crippen LogP contribution < -0.4 is 0 Å². The standard InChI is InChI=1S/C8H18Cl/c1-3-5-7-9-8-6-4-2/h3-8H2,1-2H3/q+1. The number of hydrogen-bond acceptors (Lipinski definition) is 0. The summed E-state index contributed by atoms with van der Waals surface area (Å²) in [7, 11) is 2.53. The maximum absolute atomic E-state index is 2.53. The van der Waals surface area contributed by atoms with Gasteiger partial charge in [-0.3, -0.25) is 0 Å². The van der Waals surface area contributed by atoms with Crippen LogP contribution >= 0.6 is 0 Å². The number of halogens is 1. The molecule has 0 radical (unpaired) electrons. The van der Waals surface area contributed by atoms with Crippen molar-refractivity contribution in [2.24, 2.45) is 0 Å². The monoisotopic (exact) mass is 149 g/mol. The summed E-state index contributed by atoms with van der Waals surface area (Å²) in [6.07, 6.45) is 5.41. The molecular formula is C8H18Cl+. The van der Waals surface area contributed by atoms with Crippen molar-refractivity contribution >= 4 is 0 Å². The van der Waals surface area contributed by atoms with E-state index in [1.165, 1.54) is 37.4 Å². The van der Waals surface area contributed by atoms with Crippen molar-refractivity contribution in [2.45, 2.75) is 39.5 Å². The smallest absolute Gasteiger partial charge is 0.0652 e. The van der Waals surface area contributed by atoms with Crippen molar-refractivity contribution in [3.63, 3.8) is 0 Å². The van der Waals surface area contributed by atoms with Gasteiger partial charge in [-0.1, -0.05) is 26.7 Å². The predicted molar refractivity (Wildman–Crippen MR) is 39.6 cm³/mol. The summed E-state index contributed by atoms with van der Waals surface area (Å²) in [5.74, 6) is 2.63. The van der Waals surface area contributed by atoms with Crippen LogP contribution in [0.1, 0.15) is 39.5 Å². The molecule has 0 aliphatic rings. The molecule has 0 spiro atoms. The fourth-order valence-corrected chi connectivity index (χ4v) is 1.65. The highest BCUT2D eigenvalue weighted by Crippen LogP contribution is 1.92. The van der Waals surface area contributed by atoms with Crippen molar-refractivity contribution < 1.29 is 10.8 Å². The molecule has 0 nitrogen and oxygen atoms in total. The number of unbranched alkanes of at least 4 members (excludes halogenated alkanes) is 2. The van der Waals surface area contributed by atoms with Gasteiger partial charge in [0.15, 0.2) is 11.8 Å². The highest BCUT2D eigenvalue weighted by molar-refractivity contribution is 4.28. The lowest BCUT2D eigenvalue weighted by molar-refractivity contribution is -0.655. The van der Waals surface area contributed by atoms with E-state index in [0.29, 0.717) is 0 Å². The minimum atomic E-state index is 1.32. The Balaban J connectivity index is 2.60. The van der Waals surface area contributed by atoms with Gasteiger partial charge < -0.3 is 0 Å². The van der Waals surface area contributed by atoms with Gasteiger partial charge in [-0.05, 0) is 0 Å². The van der Waals surface area contributed by atoms with Crippen molar-refractivity contribution in [1.82, 2.24) is 0 Å². The molecular weight excluding hydrogens is 132 g/mol. The normalized spacial score (nSPS) is 10.0. The Morgan fingerprint density at radius 1 is 0.889 bits per heavy atom. The first-order valence-electron chi connectivity index (χ1n) is 3.95. The lowest BCUT2D eigenvalue weighted by Crippen LogP contribution is -1.93. The molecule has 0 N–H and O–H groups in total. The molecule has 0 atom stereocenters. The highest BCUT2D eigenvalue weighted by atomic mass is 35.5. The molecule has 0 aliphatic carbocycles. The molecule has 0 aliphatic heterocycles. The molecule has 0 saturated carbocycles. The van der Waals surface area contributed by atoms with Crippen LogP contribution in [0.3, 0.4) is 0 Å². The third-order valence-corrected chi connectivity index (χ3v) is 2.31. The molecule has 56 valence electrons. The van der Waals surface area contributed by atoms with Gasteiger partial charge in [0, 0.05) is 12.8 Å². The number of hydrogen-bond donors (Lipinski definition) is 0. The summed E-state index contributed by atoms with van der Waals surface area (Å²) in [6, 6.07) is 0. The van der Waals surface area contributed by atoms with E-state index < -0.39 is 0 Å². The fraction of sp³-hybridized carbons (Fsp3) is 1.00. The molecule has 0 unspecified atom stereocenters. The topological polar surface area (TPSA) is 0 Å². The molecule has 9 heavy (non-hydrogen) atoms. The van der Waals surface area contributed by atoms with Gasteiger partial charge in [0.2, 0.25) is 0 Å². The molecule has 0 rings (SSSR count). The summed E-state index contributed by atoms with van der Waals surface area (Å²) in [5, 5.41) is 0. The van der Waals surface area contributed by atoms with Crippen molar-refractivity contribution in [3.8, 4) is 0 Å². The largest absolute Gasteiger partial charge is 0.172 e. The van der Waals surface area contributed by atoms with Gasteiger partial charge in [0.1, 0.15) is 10.8 Å². The van der Waals surface area contributed by atoms with Crippen LogP contribution in [0.5, 0.6) is 0 Å². The molecule has 0 aromatic heterocycles. The van der Waals surface area contributed by atoms with Gasteiger partial charge in [-0.2, -0.15) is 0 Å². The van der Waals surface area contributed by atoms with Crippen molar-refractivity contribution in [1.29, 1.82) is 0 Å². The zero-order valence-corrected chi connectivity index (χ0v) is 7.38. The minimum absolute atomic E-state index is 1.32. The van der Waals surface area contributed by atoms with Crippen molar-refractivity contribution in [3.05, 3.63) is 0 Å². The van der Waals surface area contributed by atoms with Crippen LogP contribution in [-0.2, 0) is 0 Å². The predicted octanol–water partition coefficient (Wildman–Crippen LogP) is 2.67. The summed E-state index contributed by atoms with van der Waals surface area (Å²) in [4.78, 5) is 0. The molecule has 1 heteroatoms. The molecule has 0 saturated heterocycles. The van der Waals surface area contributed by atoms with E-state index in [9.17, 15) is 0 Å². The van der Waals surface area contributed by atoms with E-state index in [0.717, 1.165) is 0 Å². The van der Waals surface area contributed by atoms with Gasteiger partial charge in [0.25, 0.3) is 0 Å². The summed E-state index contributed by atoms with van der Waals surface area (Å²) >= 11 is 0. The Kier molecular flexibility index (Phi) is 8.56.